The zero-order chi connectivity index (χ0) is 36.3. The Kier molecular flexibility index (Phi) is 12.7. The molecular weight excluding hydrogens is 877 g/mol. The van der Waals surface area contributed by atoms with Crippen LogP contribution in [0.2, 0.25) is 17.3 Å². The van der Waals surface area contributed by atoms with Crippen molar-refractivity contribution < 1.29 is 24.5 Å². The first kappa shape index (κ1) is 39.2. The number of rotatable bonds is 8. The molecule has 1 radical (unpaired) electrons. The van der Waals surface area contributed by atoms with E-state index in [9.17, 15) is 0 Å². The fourth-order valence-corrected chi connectivity index (χ4v) is 9.98. The molecule has 0 fully saturated rings. The Morgan fingerprint density at radius 2 is 1.46 bits per heavy atom. The molecule has 269 valence electrons. The van der Waals surface area contributed by atoms with Gasteiger partial charge in [-0.2, -0.15) is 0 Å². The second kappa shape index (κ2) is 16.8. The quantitative estimate of drug-likeness (QED) is 0.112. The van der Waals surface area contributed by atoms with Gasteiger partial charge in [-0.25, -0.2) is 4.98 Å². The van der Waals surface area contributed by atoms with Crippen molar-refractivity contribution in [1.82, 2.24) is 19.9 Å². The first-order chi connectivity index (χ1) is 24.4. The average molecular weight is 926 g/mol. The monoisotopic (exact) mass is 927 g/mol. The van der Waals surface area contributed by atoms with E-state index in [4.69, 9.17) is 14.4 Å². The van der Waals surface area contributed by atoms with Crippen molar-refractivity contribution in [1.29, 1.82) is 0 Å². The van der Waals surface area contributed by atoms with Crippen molar-refractivity contribution >= 4 is 39.7 Å². The van der Waals surface area contributed by atoms with E-state index in [0.717, 1.165) is 74.4 Å². The summed E-state index contributed by atoms with van der Waals surface area (Å²) in [7, 11) is 0. The van der Waals surface area contributed by atoms with Gasteiger partial charge in [0.15, 0.2) is 0 Å². The molecule has 0 saturated heterocycles. The minimum absolute atomic E-state index is 0. The number of nitrogens with zero attached hydrogens (tertiary/aromatic N) is 4. The van der Waals surface area contributed by atoms with E-state index in [2.05, 4.69) is 104 Å². The summed E-state index contributed by atoms with van der Waals surface area (Å²) in [5.74, 6) is 8.58. The molecule has 7 aromatic rings. The fourth-order valence-electron chi connectivity index (χ4n) is 6.65. The van der Waals surface area contributed by atoms with Gasteiger partial charge in [-0.05, 0) is 62.2 Å². The van der Waals surface area contributed by atoms with Gasteiger partial charge in [0.2, 0.25) is 5.71 Å². The Morgan fingerprint density at radius 1 is 0.712 bits per heavy atom. The second-order valence-electron chi connectivity index (χ2n) is 15.4. The number of benzene rings is 2. The summed E-state index contributed by atoms with van der Waals surface area (Å²) in [5, 5.41) is 2.02. The minimum atomic E-state index is -1.86. The maximum absolute atomic E-state index is 6.28. The maximum atomic E-state index is 6.28. The molecular formula is C45H48GeIrN4O-2. The van der Waals surface area contributed by atoms with Crippen molar-refractivity contribution in [3.63, 3.8) is 0 Å². The van der Waals surface area contributed by atoms with Crippen LogP contribution in [-0.2, 0) is 32.9 Å². The van der Waals surface area contributed by atoms with Crippen LogP contribution in [-0.4, -0.2) is 33.2 Å². The molecule has 0 aliphatic heterocycles. The van der Waals surface area contributed by atoms with Gasteiger partial charge in [-0.15, -0.1) is 18.2 Å². The van der Waals surface area contributed by atoms with Crippen LogP contribution in [0.25, 0.3) is 55.8 Å². The van der Waals surface area contributed by atoms with E-state index in [0.29, 0.717) is 17.5 Å². The van der Waals surface area contributed by atoms with E-state index in [1.807, 2.05) is 68.6 Å². The van der Waals surface area contributed by atoms with E-state index < -0.39 is 13.3 Å². The minimum Gasteiger partial charge on any atom is -0.486 e. The molecule has 0 N–H and O–H groups in total. The van der Waals surface area contributed by atoms with Crippen LogP contribution >= 0.6 is 0 Å². The SMILES string of the molecule is CC(C)Cc1cc(-c2[c-]cccc2)nc[c]1[Ge]([CH3])([CH3])[CH3].Cc1cc(-c2ccc3c(n2)oc2c(-c4cc(CC(C)C)ccn4)[c-]ccc23)cc(C)n1.[Ir]. The molecule has 0 bridgehead atoms. The Balaban J connectivity index is 0.000000217. The molecule has 2 aromatic carbocycles. The predicted molar refractivity (Wildman–Crippen MR) is 215 cm³/mol. The number of aromatic nitrogens is 4. The van der Waals surface area contributed by atoms with E-state index >= 15 is 0 Å². The molecule has 0 unspecified atom stereocenters. The molecule has 0 amide bonds. The van der Waals surface area contributed by atoms with Gasteiger partial charge < -0.3 is 9.40 Å². The normalized spacial score (nSPS) is 11.5. The van der Waals surface area contributed by atoms with Crippen LogP contribution < -0.4 is 4.40 Å². The van der Waals surface area contributed by atoms with Crippen molar-refractivity contribution in [3.8, 4) is 33.8 Å². The molecule has 52 heavy (non-hydrogen) atoms. The summed E-state index contributed by atoms with van der Waals surface area (Å²) in [6, 6.07) is 33.4. The number of furan rings is 1. The van der Waals surface area contributed by atoms with Gasteiger partial charge in [0.1, 0.15) is 0 Å². The Labute approximate surface area is 325 Å². The van der Waals surface area contributed by atoms with Crippen molar-refractivity contribution in [2.24, 2.45) is 11.8 Å². The number of hydrogen-bond donors (Lipinski definition) is 0. The molecule has 0 spiro atoms. The molecule has 7 rings (SSSR count). The van der Waals surface area contributed by atoms with Crippen LogP contribution in [0.3, 0.4) is 0 Å². The first-order valence-corrected chi connectivity index (χ1v) is 25.3. The van der Waals surface area contributed by atoms with Gasteiger partial charge in [-0.3, -0.25) is 4.98 Å². The van der Waals surface area contributed by atoms with Crippen LogP contribution in [0.4, 0.5) is 0 Å². The van der Waals surface area contributed by atoms with Crippen molar-refractivity contribution in [3.05, 3.63) is 126 Å². The number of fused-ring (bicyclic) bond motifs is 3. The van der Waals surface area contributed by atoms with Crippen LogP contribution in [0.5, 0.6) is 0 Å². The Bertz CT molecular complexity index is 2270. The van der Waals surface area contributed by atoms with Gasteiger partial charge >= 0.3 is 126 Å². The fraction of sp³-hybridized carbons (Fsp3) is 0.289. The molecule has 5 aromatic heterocycles. The third kappa shape index (κ3) is 9.33. The van der Waals surface area contributed by atoms with E-state index in [1.165, 1.54) is 11.1 Å². The number of hydrogen-bond acceptors (Lipinski definition) is 5. The van der Waals surface area contributed by atoms with Crippen molar-refractivity contribution in [2.75, 3.05) is 0 Å². The first-order valence-electron chi connectivity index (χ1n) is 18.0. The largest absolute Gasteiger partial charge is 0.486 e. The zero-order valence-electron chi connectivity index (χ0n) is 31.8. The topological polar surface area (TPSA) is 64.7 Å². The molecule has 7 heteroatoms. The Hall–Kier alpha value is -3.97. The van der Waals surface area contributed by atoms with E-state index in [1.54, 1.807) is 4.40 Å². The standard InChI is InChI=1S/C27H24N3O.C18H24GeN.Ir/c1-16(2)12-19-10-11-28-25(15-19)23-7-5-6-21-22-8-9-24(30-27(22)31-26(21)23)20-13-17(3)29-18(4)14-20;1-14(2)11-16-12-18(15-9-7-6-8-10-15)20-13-17(16)19(3,4)5;/h5-6,8-11,13-16H,12H2,1-4H3;6-9,12-14H,11H2,1-5H3;/q2*-1;. The summed E-state index contributed by atoms with van der Waals surface area (Å²) >= 11 is -1.86. The van der Waals surface area contributed by atoms with Gasteiger partial charge in [0.05, 0.1) is 11.3 Å². The van der Waals surface area contributed by atoms with Gasteiger partial charge in [-0.1, -0.05) is 36.4 Å². The predicted octanol–water partition coefficient (Wildman–Crippen LogP) is 11.0. The zero-order valence-corrected chi connectivity index (χ0v) is 36.3. The third-order valence-corrected chi connectivity index (χ3v) is 13.1. The second-order valence-corrected chi connectivity index (χ2v) is 26.0. The van der Waals surface area contributed by atoms with Gasteiger partial charge in [0, 0.05) is 48.6 Å². The Morgan fingerprint density at radius 3 is 2.13 bits per heavy atom. The average Bonchev–Trinajstić information content (AvgIpc) is 3.46. The molecule has 0 atom stereocenters. The molecule has 0 aliphatic carbocycles. The maximum Gasteiger partial charge on any atom is 0.216 e. The summed E-state index contributed by atoms with van der Waals surface area (Å²) < 4.78 is 7.82. The van der Waals surface area contributed by atoms with Crippen LogP contribution in [0, 0.1) is 37.8 Å². The van der Waals surface area contributed by atoms with Crippen LogP contribution in [0.15, 0.2) is 95.7 Å². The summed E-state index contributed by atoms with van der Waals surface area (Å²) in [6.45, 7) is 13.0. The smallest absolute Gasteiger partial charge is 0.216 e. The van der Waals surface area contributed by atoms with E-state index in [-0.39, 0.29) is 20.1 Å². The summed E-state index contributed by atoms with van der Waals surface area (Å²) in [4.78, 5) is 18.6. The number of aryl methyl sites for hydroxylation is 2. The summed E-state index contributed by atoms with van der Waals surface area (Å²) in [5.41, 5.74) is 11.9. The number of pyridine rings is 4. The molecule has 5 heterocycles. The molecule has 5 nitrogen and oxygen atoms in total. The van der Waals surface area contributed by atoms with Gasteiger partial charge in [0.25, 0.3) is 0 Å². The molecule has 0 aliphatic rings. The van der Waals surface area contributed by atoms with Crippen molar-refractivity contribution in [2.45, 2.75) is 71.7 Å². The molecule has 0 saturated carbocycles. The summed E-state index contributed by atoms with van der Waals surface area (Å²) in [6.07, 6.45) is 6.15. The third-order valence-electron chi connectivity index (χ3n) is 8.81. The van der Waals surface area contributed by atoms with Crippen LogP contribution in [0.1, 0.15) is 50.2 Å².